The highest BCUT2D eigenvalue weighted by atomic mass is 32.2. The largest absolute Gasteiger partial charge is 0.479 e. The van der Waals surface area contributed by atoms with Crippen LogP contribution in [0.25, 0.3) is 0 Å². The van der Waals surface area contributed by atoms with E-state index in [0.29, 0.717) is 13.3 Å². The molecule has 5 nitrogen and oxygen atoms in total. The molecule has 0 saturated heterocycles. The fraction of sp³-hybridized carbons (Fsp3) is 0.818. The van der Waals surface area contributed by atoms with Crippen molar-refractivity contribution in [1.29, 1.82) is 0 Å². The molecule has 0 heterocycles. The van der Waals surface area contributed by atoms with Crippen LogP contribution >= 0.6 is 11.8 Å². The van der Waals surface area contributed by atoms with Gasteiger partial charge in [-0.25, -0.2) is 9.59 Å². The summed E-state index contributed by atoms with van der Waals surface area (Å²) in [5, 5.41) is 10.3. The predicted molar refractivity (Wildman–Crippen MR) is 70.9 cm³/mol. The molecule has 0 aromatic heterocycles. The molecule has 118 valence electrons. The van der Waals surface area contributed by atoms with Gasteiger partial charge in [0, 0.05) is 13.1 Å². The minimum atomic E-state index is -5.09. The monoisotopic (exact) mass is 316 g/mol. The highest BCUT2D eigenvalue weighted by Gasteiger charge is 2.58. The van der Waals surface area contributed by atoms with E-state index in [4.69, 9.17) is 5.11 Å². The van der Waals surface area contributed by atoms with Crippen LogP contribution in [0.15, 0.2) is 0 Å². The van der Waals surface area contributed by atoms with Gasteiger partial charge in [0.1, 0.15) is 0 Å². The molecule has 20 heavy (non-hydrogen) atoms. The molecular formula is C11H19F3N2O3S. The van der Waals surface area contributed by atoms with Crippen LogP contribution in [0.1, 0.15) is 20.3 Å². The van der Waals surface area contributed by atoms with E-state index in [9.17, 15) is 22.8 Å². The Balaban J connectivity index is 4.91. The van der Waals surface area contributed by atoms with Gasteiger partial charge in [0.2, 0.25) is 5.54 Å². The Morgan fingerprint density at radius 3 is 2.25 bits per heavy atom. The number of carboxylic acid groups (broad SMARTS) is 1. The zero-order valence-corrected chi connectivity index (χ0v) is 12.6. The Kier molecular flexibility index (Phi) is 6.66. The van der Waals surface area contributed by atoms with Crippen LogP contribution in [0.5, 0.6) is 0 Å². The third-order valence-corrected chi connectivity index (χ3v) is 3.72. The van der Waals surface area contributed by atoms with E-state index in [2.05, 4.69) is 0 Å². The van der Waals surface area contributed by atoms with Gasteiger partial charge in [-0.2, -0.15) is 24.9 Å². The molecule has 0 bridgehead atoms. The molecule has 0 aromatic carbocycles. The van der Waals surface area contributed by atoms with Gasteiger partial charge in [-0.05, 0) is 32.3 Å². The van der Waals surface area contributed by atoms with Crippen LogP contribution in [0.2, 0.25) is 0 Å². The Labute approximate surface area is 119 Å². The van der Waals surface area contributed by atoms with Crippen molar-refractivity contribution in [3.05, 3.63) is 0 Å². The zero-order valence-electron chi connectivity index (χ0n) is 11.7. The Morgan fingerprint density at radius 1 is 1.40 bits per heavy atom. The second-order valence-corrected chi connectivity index (χ2v) is 5.59. The number of amides is 2. The fourth-order valence-corrected chi connectivity index (χ4v) is 1.81. The lowest BCUT2D eigenvalue weighted by molar-refractivity contribution is -0.203. The van der Waals surface area contributed by atoms with Crippen molar-refractivity contribution >= 4 is 23.8 Å². The lowest BCUT2D eigenvalue weighted by Crippen LogP contribution is -2.64. The van der Waals surface area contributed by atoms with Crippen LogP contribution < -0.4 is 5.32 Å². The van der Waals surface area contributed by atoms with E-state index in [1.54, 1.807) is 24.0 Å². The molecular weight excluding hydrogens is 297 g/mol. The number of hydrogen-bond acceptors (Lipinski definition) is 3. The second kappa shape index (κ2) is 7.05. The van der Waals surface area contributed by atoms with Crippen molar-refractivity contribution in [2.24, 2.45) is 0 Å². The Hall–Kier alpha value is -1.12. The van der Waals surface area contributed by atoms with Crippen molar-refractivity contribution in [2.75, 3.05) is 19.1 Å². The number of rotatable bonds is 6. The van der Waals surface area contributed by atoms with Crippen LogP contribution in [0.4, 0.5) is 18.0 Å². The van der Waals surface area contributed by atoms with E-state index >= 15 is 0 Å². The first kappa shape index (κ1) is 18.9. The molecule has 0 spiro atoms. The molecule has 0 aromatic rings. The first-order chi connectivity index (χ1) is 8.97. The van der Waals surface area contributed by atoms with Crippen molar-refractivity contribution in [2.45, 2.75) is 38.0 Å². The number of carboxylic acids is 1. The number of alkyl halides is 3. The van der Waals surface area contributed by atoms with Crippen molar-refractivity contribution in [3.63, 3.8) is 0 Å². The van der Waals surface area contributed by atoms with Gasteiger partial charge in [0.05, 0.1) is 0 Å². The molecule has 2 amide bonds. The van der Waals surface area contributed by atoms with Crippen LogP contribution in [0, 0.1) is 0 Å². The standard InChI is InChI=1S/C11H19F3N2O3S/c1-7(5-6-20-4)16(3)9(19)15-10(2,8(17)18)11(12,13)14/h7H,5-6H2,1-4H3,(H,15,19)(H,17,18). The lowest BCUT2D eigenvalue weighted by Gasteiger charge is -2.32. The van der Waals surface area contributed by atoms with Gasteiger partial charge in [0.15, 0.2) is 0 Å². The molecule has 2 N–H and O–H groups in total. The van der Waals surface area contributed by atoms with E-state index in [0.717, 1.165) is 10.7 Å². The molecule has 0 fully saturated rings. The number of carbonyl (C=O) groups excluding carboxylic acids is 1. The van der Waals surface area contributed by atoms with Gasteiger partial charge in [-0.1, -0.05) is 0 Å². The van der Waals surface area contributed by atoms with Crippen LogP contribution in [-0.2, 0) is 4.79 Å². The maximum absolute atomic E-state index is 12.8. The third kappa shape index (κ3) is 4.46. The van der Waals surface area contributed by atoms with Crippen molar-refractivity contribution in [1.82, 2.24) is 10.2 Å². The minimum Gasteiger partial charge on any atom is -0.479 e. The maximum Gasteiger partial charge on any atom is 0.422 e. The molecule has 0 radical (unpaired) electrons. The zero-order chi connectivity index (χ0) is 16.1. The number of halogens is 3. The number of nitrogens with one attached hydrogen (secondary N) is 1. The molecule has 0 aliphatic rings. The SMILES string of the molecule is CSCCC(C)N(C)C(=O)NC(C)(C(=O)O)C(F)(F)F. The summed E-state index contributed by atoms with van der Waals surface area (Å²) in [6, 6.07) is -1.37. The van der Waals surface area contributed by atoms with Gasteiger partial charge >= 0.3 is 18.2 Å². The average molecular weight is 316 g/mol. The first-order valence-corrected chi connectivity index (χ1v) is 7.20. The summed E-state index contributed by atoms with van der Waals surface area (Å²) in [4.78, 5) is 23.6. The number of aliphatic carboxylic acids is 1. The lowest BCUT2D eigenvalue weighted by atomic mass is 10.0. The third-order valence-electron chi connectivity index (χ3n) is 3.07. The molecule has 2 atom stereocenters. The molecule has 9 heteroatoms. The smallest absolute Gasteiger partial charge is 0.422 e. The fourth-order valence-electron chi connectivity index (χ4n) is 1.23. The summed E-state index contributed by atoms with van der Waals surface area (Å²) < 4.78 is 38.3. The molecule has 0 aliphatic carbocycles. The van der Waals surface area contributed by atoms with E-state index in [1.165, 1.54) is 7.05 Å². The average Bonchev–Trinajstić information content (AvgIpc) is 2.32. The maximum atomic E-state index is 12.8. The van der Waals surface area contributed by atoms with E-state index in [-0.39, 0.29) is 6.04 Å². The summed E-state index contributed by atoms with van der Waals surface area (Å²) >= 11 is 1.55. The van der Waals surface area contributed by atoms with Gasteiger partial charge in [0.25, 0.3) is 0 Å². The van der Waals surface area contributed by atoms with Crippen LogP contribution in [0.3, 0.4) is 0 Å². The summed E-state index contributed by atoms with van der Waals surface area (Å²) in [5.41, 5.74) is -3.31. The van der Waals surface area contributed by atoms with Gasteiger partial charge in [-0.15, -0.1) is 0 Å². The molecule has 2 unspecified atom stereocenters. The summed E-state index contributed by atoms with van der Waals surface area (Å²) in [7, 11) is 1.33. The summed E-state index contributed by atoms with van der Waals surface area (Å²) in [6.07, 6.45) is -2.61. The number of nitrogens with zero attached hydrogens (tertiary/aromatic N) is 1. The van der Waals surface area contributed by atoms with E-state index < -0.39 is 23.7 Å². The molecule has 0 aliphatic heterocycles. The molecule has 0 rings (SSSR count). The highest BCUT2D eigenvalue weighted by Crippen LogP contribution is 2.30. The Bertz CT molecular complexity index is 365. The topological polar surface area (TPSA) is 69.6 Å². The normalized spacial score (nSPS) is 16.1. The second-order valence-electron chi connectivity index (χ2n) is 4.60. The van der Waals surface area contributed by atoms with Crippen molar-refractivity contribution in [3.8, 4) is 0 Å². The predicted octanol–water partition coefficient (Wildman–Crippen LogP) is 2.18. The van der Waals surface area contributed by atoms with Gasteiger partial charge in [-0.3, -0.25) is 0 Å². The highest BCUT2D eigenvalue weighted by molar-refractivity contribution is 7.98. The Morgan fingerprint density at radius 2 is 1.90 bits per heavy atom. The molecule has 0 saturated carbocycles. The van der Waals surface area contributed by atoms with Crippen molar-refractivity contribution < 1.29 is 27.9 Å². The summed E-state index contributed by atoms with van der Waals surface area (Å²) in [6.45, 7) is 2.11. The quantitative estimate of drug-likeness (QED) is 0.788. The summed E-state index contributed by atoms with van der Waals surface area (Å²) in [5.74, 6) is -1.41. The van der Waals surface area contributed by atoms with E-state index in [1.807, 2.05) is 6.26 Å². The minimum absolute atomic E-state index is 0.297. The van der Waals surface area contributed by atoms with Crippen LogP contribution in [-0.4, -0.2) is 58.8 Å². The first-order valence-electron chi connectivity index (χ1n) is 5.81. The number of hydrogen-bond donors (Lipinski definition) is 2. The number of urea groups is 1. The number of thioether (sulfide) groups is 1. The van der Waals surface area contributed by atoms with Gasteiger partial charge < -0.3 is 15.3 Å². The number of carbonyl (C=O) groups is 2.